The Hall–Kier alpha value is -3.75. The SMILES string of the molecule is CCCCCC(CCCCC)COC(=O)CC(=O)OCC(COC(=O)CCC[N+](C)(C)C)(COC(=O)CC(=O)OCC(CCCCC)CCCCC)COC(=O)CC(=O)OCC(CCCCC)CCCCC. The molecular formula is C57H104NO14+. The van der Waals surface area contributed by atoms with E-state index in [0.29, 0.717) is 17.4 Å². The van der Waals surface area contributed by atoms with Crippen molar-refractivity contribution in [2.24, 2.45) is 23.2 Å². The van der Waals surface area contributed by atoms with Crippen LogP contribution < -0.4 is 0 Å². The van der Waals surface area contributed by atoms with Crippen molar-refractivity contribution in [3.05, 3.63) is 0 Å². The molecular weight excluding hydrogens is 923 g/mol. The van der Waals surface area contributed by atoms with Gasteiger partial charge in [-0.1, -0.05) is 157 Å². The van der Waals surface area contributed by atoms with Crippen molar-refractivity contribution in [3.63, 3.8) is 0 Å². The second-order valence-corrected chi connectivity index (χ2v) is 21.4. The highest BCUT2D eigenvalue weighted by Crippen LogP contribution is 2.25. The molecule has 0 atom stereocenters. The lowest BCUT2D eigenvalue weighted by Gasteiger charge is -2.31. The highest BCUT2D eigenvalue weighted by Gasteiger charge is 2.39. The Morgan fingerprint density at radius 2 is 0.569 bits per heavy atom. The van der Waals surface area contributed by atoms with Crippen LogP contribution in [0.15, 0.2) is 0 Å². The summed E-state index contributed by atoms with van der Waals surface area (Å²) >= 11 is 0. The van der Waals surface area contributed by atoms with E-state index in [9.17, 15) is 33.6 Å². The molecule has 0 radical (unpaired) electrons. The van der Waals surface area contributed by atoms with E-state index in [2.05, 4.69) is 41.5 Å². The summed E-state index contributed by atoms with van der Waals surface area (Å²) in [6, 6.07) is 0. The lowest BCUT2D eigenvalue weighted by Crippen LogP contribution is -2.44. The number of nitrogens with zero attached hydrogens (tertiary/aromatic N) is 1. The van der Waals surface area contributed by atoms with Crippen molar-refractivity contribution in [1.29, 1.82) is 0 Å². The van der Waals surface area contributed by atoms with Gasteiger partial charge < -0.3 is 37.6 Å². The third-order valence-corrected chi connectivity index (χ3v) is 13.0. The molecule has 0 rings (SSSR count). The second-order valence-electron chi connectivity index (χ2n) is 21.4. The molecule has 72 heavy (non-hydrogen) atoms. The normalized spacial score (nSPS) is 11.7. The molecule has 0 aromatic carbocycles. The first-order valence-corrected chi connectivity index (χ1v) is 28.3. The number of ether oxygens (including phenoxy) is 7. The largest absolute Gasteiger partial charge is 0.465 e. The molecule has 0 aromatic rings. The van der Waals surface area contributed by atoms with Crippen molar-refractivity contribution in [2.75, 3.05) is 73.9 Å². The lowest BCUT2D eigenvalue weighted by atomic mass is 9.92. The monoisotopic (exact) mass is 1030 g/mol. The molecule has 0 aliphatic heterocycles. The maximum absolute atomic E-state index is 13.3. The molecule has 15 nitrogen and oxygen atoms in total. The van der Waals surface area contributed by atoms with Crippen LogP contribution in [0.4, 0.5) is 0 Å². The highest BCUT2D eigenvalue weighted by atomic mass is 16.6. The van der Waals surface area contributed by atoms with Gasteiger partial charge in [0, 0.05) is 6.42 Å². The number of hydrogen-bond donors (Lipinski definition) is 0. The van der Waals surface area contributed by atoms with Crippen LogP contribution in [0.1, 0.15) is 228 Å². The van der Waals surface area contributed by atoms with Crippen molar-refractivity contribution < 1.29 is 71.2 Å². The number of quaternary nitrogens is 1. The van der Waals surface area contributed by atoms with E-state index in [4.69, 9.17) is 33.2 Å². The predicted octanol–water partition coefficient (Wildman–Crippen LogP) is 11.8. The number of esters is 7. The van der Waals surface area contributed by atoms with E-state index in [1.807, 2.05) is 21.1 Å². The van der Waals surface area contributed by atoms with Crippen LogP contribution in [0.5, 0.6) is 0 Å². The minimum Gasteiger partial charge on any atom is -0.465 e. The summed E-state index contributed by atoms with van der Waals surface area (Å²) in [7, 11) is 5.98. The van der Waals surface area contributed by atoms with Crippen LogP contribution in [-0.4, -0.2) is 120 Å². The van der Waals surface area contributed by atoms with Crippen LogP contribution in [0.3, 0.4) is 0 Å². The Morgan fingerprint density at radius 1 is 0.333 bits per heavy atom. The summed E-state index contributed by atoms with van der Waals surface area (Å²) in [5.41, 5.74) is -1.72. The highest BCUT2D eigenvalue weighted by molar-refractivity contribution is 5.92. The lowest BCUT2D eigenvalue weighted by molar-refractivity contribution is -0.870. The Kier molecular flexibility index (Phi) is 41.4. The fraction of sp³-hybridized carbons (Fsp3) is 0.877. The molecule has 15 heteroatoms. The van der Waals surface area contributed by atoms with E-state index in [1.54, 1.807) is 0 Å². The quantitative estimate of drug-likeness (QED) is 0.0184. The van der Waals surface area contributed by atoms with Crippen molar-refractivity contribution in [3.8, 4) is 0 Å². The summed E-state index contributed by atoms with van der Waals surface area (Å²) in [6.07, 6.45) is 22.9. The first-order valence-electron chi connectivity index (χ1n) is 28.3. The number of carbonyl (C=O) groups is 7. The van der Waals surface area contributed by atoms with Crippen molar-refractivity contribution in [2.45, 2.75) is 228 Å². The molecule has 0 fully saturated rings. The first kappa shape index (κ1) is 68.2. The molecule has 0 unspecified atom stereocenters. The summed E-state index contributed by atoms with van der Waals surface area (Å²) in [4.78, 5) is 92.1. The Bertz CT molecular complexity index is 1290. The van der Waals surface area contributed by atoms with Crippen LogP contribution >= 0.6 is 0 Å². The van der Waals surface area contributed by atoms with E-state index in [1.165, 1.54) is 0 Å². The topological polar surface area (TPSA) is 184 Å². The molecule has 0 aliphatic carbocycles. The Labute approximate surface area is 436 Å². The van der Waals surface area contributed by atoms with Crippen molar-refractivity contribution >= 4 is 41.8 Å². The maximum atomic E-state index is 13.3. The number of unbranched alkanes of at least 4 members (excludes halogenated alkanes) is 12. The van der Waals surface area contributed by atoms with Crippen molar-refractivity contribution in [1.82, 2.24) is 0 Å². The molecule has 0 amide bonds. The smallest absolute Gasteiger partial charge is 0.317 e. The van der Waals surface area contributed by atoms with Gasteiger partial charge in [-0.3, -0.25) is 33.6 Å². The molecule has 0 heterocycles. The summed E-state index contributed by atoms with van der Waals surface area (Å²) < 4.78 is 39.9. The third kappa shape index (κ3) is 39.7. The van der Waals surface area contributed by atoms with Gasteiger partial charge in [0.05, 0.1) is 53.9 Å². The van der Waals surface area contributed by atoms with Gasteiger partial charge in [-0.05, 0) is 56.3 Å². The zero-order valence-corrected chi connectivity index (χ0v) is 47.1. The molecule has 0 saturated heterocycles. The van der Waals surface area contributed by atoms with E-state index in [-0.39, 0.29) is 44.0 Å². The molecule has 0 aliphatic rings. The molecule has 0 spiro atoms. The van der Waals surface area contributed by atoms with Gasteiger partial charge in [0.1, 0.15) is 51.1 Å². The predicted molar refractivity (Wildman–Crippen MR) is 280 cm³/mol. The number of rotatable bonds is 48. The van der Waals surface area contributed by atoms with Gasteiger partial charge in [0.25, 0.3) is 0 Å². The first-order chi connectivity index (χ1) is 34.4. The van der Waals surface area contributed by atoms with Gasteiger partial charge in [-0.15, -0.1) is 0 Å². The van der Waals surface area contributed by atoms with E-state index in [0.717, 1.165) is 154 Å². The average molecular weight is 1030 g/mol. The summed E-state index contributed by atoms with van der Waals surface area (Å²) in [5, 5.41) is 0. The molecule has 0 bridgehead atoms. The molecule has 0 saturated carbocycles. The van der Waals surface area contributed by atoms with Crippen LogP contribution in [0, 0.1) is 23.2 Å². The summed E-state index contributed by atoms with van der Waals surface area (Å²) in [5.74, 6) is -5.28. The zero-order chi connectivity index (χ0) is 53.9. The third-order valence-electron chi connectivity index (χ3n) is 13.0. The van der Waals surface area contributed by atoms with Gasteiger partial charge in [0.2, 0.25) is 0 Å². The zero-order valence-electron chi connectivity index (χ0n) is 47.1. The fourth-order valence-electron chi connectivity index (χ4n) is 8.28. The Balaban J connectivity index is 6.40. The van der Waals surface area contributed by atoms with Crippen LogP contribution in [-0.2, 0) is 66.7 Å². The molecule has 420 valence electrons. The summed E-state index contributed by atoms with van der Waals surface area (Å²) in [6.45, 7) is 11.6. The minimum atomic E-state index is -1.72. The van der Waals surface area contributed by atoms with Gasteiger partial charge in [-0.25, -0.2) is 0 Å². The standard InChI is InChI=1S/C57H104NO14/c1-10-16-22-29-47(30-23-17-11-2)40-66-51(60)37-54(63)70-44-57(43-69-50(59)35-28-36-58(7,8)9,45-71-55(64)38-52(61)67-41-48(31-24-18-12-3)32-25-19-13-4)46-72-56(65)39-53(62)68-42-49(33-26-20-14-5)34-27-21-15-6/h47-49H,10-46H2,1-9H3/q+1. The fourth-order valence-corrected chi connectivity index (χ4v) is 8.28. The van der Waals surface area contributed by atoms with E-state index < -0.39 is 92.9 Å². The minimum absolute atomic E-state index is 0.0438. The van der Waals surface area contributed by atoms with Gasteiger partial charge in [0.15, 0.2) is 0 Å². The van der Waals surface area contributed by atoms with E-state index >= 15 is 0 Å². The van der Waals surface area contributed by atoms with Crippen LogP contribution in [0.2, 0.25) is 0 Å². The molecule has 0 aromatic heterocycles. The second kappa shape index (κ2) is 43.6. The average Bonchev–Trinajstić information content (AvgIpc) is 3.33. The number of carbonyl (C=O) groups excluding carboxylic acids is 7. The number of hydrogen-bond acceptors (Lipinski definition) is 14. The maximum Gasteiger partial charge on any atom is 0.317 e. The Morgan fingerprint density at radius 3 is 0.806 bits per heavy atom. The van der Waals surface area contributed by atoms with Gasteiger partial charge >= 0.3 is 41.8 Å². The van der Waals surface area contributed by atoms with Crippen LogP contribution in [0.25, 0.3) is 0 Å². The molecule has 0 N–H and O–H groups in total. The van der Waals surface area contributed by atoms with Gasteiger partial charge in [-0.2, -0.15) is 0 Å².